The molecule has 3 heteroatoms. The fourth-order valence-corrected chi connectivity index (χ4v) is 2.76. The molecule has 92 valence electrons. The molecular formula is C14H19ClN2. The van der Waals surface area contributed by atoms with E-state index in [1.165, 1.54) is 16.6 Å². The van der Waals surface area contributed by atoms with E-state index < -0.39 is 0 Å². The Labute approximate surface area is 107 Å². The summed E-state index contributed by atoms with van der Waals surface area (Å²) in [7, 11) is 0. The maximum Gasteiger partial charge on any atom is 0.0648 e. The summed E-state index contributed by atoms with van der Waals surface area (Å²) >= 11 is 6.21. The van der Waals surface area contributed by atoms with Gasteiger partial charge in [0.2, 0.25) is 0 Å². The molecule has 1 aromatic carbocycles. The summed E-state index contributed by atoms with van der Waals surface area (Å²) < 4.78 is 0. The average molecular weight is 251 g/mol. The lowest BCUT2D eigenvalue weighted by molar-refractivity contribution is 0.507. The molecule has 3 N–H and O–H groups in total. The third-order valence-electron chi connectivity index (χ3n) is 3.45. The van der Waals surface area contributed by atoms with Gasteiger partial charge >= 0.3 is 0 Å². The van der Waals surface area contributed by atoms with Crippen LogP contribution < -0.4 is 5.73 Å². The second-order valence-corrected chi connectivity index (χ2v) is 5.32. The highest BCUT2D eigenvalue weighted by Gasteiger charge is 2.21. The SMILES string of the molecule is Cc1[nH]c2c(Cl)cccc2c1C(CN)C(C)C. The molecular weight excluding hydrogens is 232 g/mol. The zero-order valence-electron chi connectivity index (χ0n) is 10.5. The van der Waals surface area contributed by atoms with E-state index in [4.69, 9.17) is 17.3 Å². The second kappa shape index (κ2) is 4.71. The first-order valence-corrected chi connectivity index (χ1v) is 6.40. The molecule has 0 radical (unpaired) electrons. The van der Waals surface area contributed by atoms with Crippen molar-refractivity contribution in [3.63, 3.8) is 0 Å². The number of fused-ring (bicyclic) bond motifs is 1. The maximum atomic E-state index is 6.21. The van der Waals surface area contributed by atoms with Crippen LogP contribution in [-0.2, 0) is 0 Å². The van der Waals surface area contributed by atoms with Gasteiger partial charge < -0.3 is 10.7 Å². The lowest BCUT2D eigenvalue weighted by Gasteiger charge is -2.19. The Bertz CT molecular complexity index is 528. The molecule has 2 rings (SSSR count). The van der Waals surface area contributed by atoms with Crippen LogP contribution in [0.15, 0.2) is 18.2 Å². The van der Waals surface area contributed by atoms with Crippen LogP contribution >= 0.6 is 11.6 Å². The third kappa shape index (κ3) is 2.07. The van der Waals surface area contributed by atoms with E-state index in [0.29, 0.717) is 18.4 Å². The van der Waals surface area contributed by atoms with Gasteiger partial charge in [-0.2, -0.15) is 0 Å². The molecule has 0 bridgehead atoms. The minimum absolute atomic E-state index is 0.377. The van der Waals surface area contributed by atoms with Crippen molar-refractivity contribution in [2.75, 3.05) is 6.54 Å². The standard InChI is InChI=1S/C14H19ClN2/c1-8(2)11(7-16)13-9(3)17-14-10(13)5-4-6-12(14)15/h4-6,8,11,17H,7,16H2,1-3H3. The Morgan fingerprint density at radius 2 is 2.06 bits per heavy atom. The van der Waals surface area contributed by atoms with Gasteiger partial charge in [-0.15, -0.1) is 0 Å². The number of rotatable bonds is 3. The van der Waals surface area contributed by atoms with Gasteiger partial charge in [0.1, 0.15) is 0 Å². The zero-order valence-corrected chi connectivity index (χ0v) is 11.3. The summed E-state index contributed by atoms with van der Waals surface area (Å²) in [5.41, 5.74) is 9.44. The third-order valence-corrected chi connectivity index (χ3v) is 3.76. The molecule has 2 aromatic rings. The molecule has 0 fully saturated rings. The summed E-state index contributed by atoms with van der Waals surface area (Å²) in [4.78, 5) is 3.38. The second-order valence-electron chi connectivity index (χ2n) is 4.91. The largest absolute Gasteiger partial charge is 0.357 e. The molecule has 1 unspecified atom stereocenters. The Morgan fingerprint density at radius 1 is 1.35 bits per heavy atom. The molecule has 0 saturated carbocycles. The molecule has 1 aromatic heterocycles. The van der Waals surface area contributed by atoms with Crippen LogP contribution in [-0.4, -0.2) is 11.5 Å². The summed E-state index contributed by atoms with van der Waals surface area (Å²) in [5.74, 6) is 0.902. The number of benzene rings is 1. The average Bonchev–Trinajstić information content (AvgIpc) is 2.59. The number of aryl methyl sites for hydroxylation is 1. The fourth-order valence-electron chi connectivity index (χ4n) is 2.53. The molecule has 17 heavy (non-hydrogen) atoms. The van der Waals surface area contributed by atoms with Gasteiger partial charge in [-0.25, -0.2) is 0 Å². The van der Waals surface area contributed by atoms with Crippen LogP contribution in [0, 0.1) is 12.8 Å². The Hall–Kier alpha value is -0.990. The van der Waals surface area contributed by atoms with Crippen LogP contribution in [0.2, 0.25) is 5.02 Å². The van der Waals surface area contributed by atoms with E-state index in [2.05, 4.69) is 31.8 Å². The van der Waals surface area contributed by atoms with Crippen LogP contribution in [0.3, 0.4) is 0 Å². The molecule has 0 spiro atoms. The molecule has 0 amide bonds. The molecule has 0 aliphatic heterocycles. The number of aromatic nitrogens is 1. The minimum atomic E-state index is 0.377. The van der Waals surface area contributed by atoms with Crippen molar-refractivity contribution in [3.05, 3.63) is 34.5 Å². The molecule has 1 atom stereocenters. The predicted octanol–water partition coefficient (Wildman–Crippen LogP) is 3.83. The van der Waals surface area contributed by atoms with Gasteiger partial charge in [0, 0.05) is 17.0 Å². The van der Waals surface area contributed by atoms with Crippen LogP contribution in [0.25, 0.3) is 10.9 Å². The first-order chi connectivity index (χ1) is 8.06. The van der Waals surface area contributed by atoms with Gasteiger partial charge in [-0.05, 0) is 31.0 Å². The lowest BCUT2D eigenvalue weighted by atomic mass is 9.87. The number of hydrogen-bond acceptors (Lipinski definition) is 1. The van der Waals surface area contributed by atoms with Crippen molar-refractivity contribution in [2.24, 2.45) is 11.7 Å². The molecule has 2 nitrogen and oxygen atoms in total. The van der Waals surface area contributed by atoms with Crippen LogP contribution in [0.5, 0.6) is 0 Å². The number of halogens is 1. The van der Waals surface area contributed by atoms with E-state index in [0.717, 1.165) is 10.5 Å². The van der Waals surface area contributed by atoms with Gasteiger partial charge in [0.25, 0.3) is 0 Å². The van der Waals surface area contributed by atoms with Crippen LogP contribution in [0.4, 0.5) is 0 Å². The number of H-pyrrole nitrogens is 1. The highest BCUT2D eigenvalue weighted by molar-refractivity contribution is 6.35. The van der Waals surface area contributed by atoms with E-state index in [1.54, 1.807) is 0 Å². The van der Waals surface area contributed by atoms with Crippen LogP contribution in [0.1, 0.15) is 31.0 Å². The lowest BCUT2D eigenvalue weighted by Crippen LogP contribution is -2.18. The number of aromatic amines is 1. The first-order valence-electron chi connectivity index (χ1n) is 6.03. The minimum Gasteiger partial charge on any atom is -0.357 e. The quantitative estimate of drug-likeness (QED) is 0.854. The maximum absolute atomic E-state index is 6.21. The highest BCUT2D eigenvalue weighted by atomic mass is 35.5. The highest BCUT2D eigenvalue weighted by Crippen LogP contribution is 2.35. The van der Waals surface area contributed by atoms with E-state index in [1.807, 2.05) is 12.1 Å². The number of nitrogens with two attached hydrogens (primary N) is 1. The predicted molar refractivity (Wildman–Crippen MR) is 74.7 cm³/mol. The molecule has 0 saturated heterocycles. The Kier molecular flexibility index (Phi) is 3.45. The molecule has 0 aliphatic carbocycles. The number of nitrogens with one attached hydrogen (secondary N) is 1. The summed E-state index contributed by atoms with van der Waals surface area (Å²) in [6, 6.07) is 6.02. The Balaban J connectivity index is 2.68. The van der Waals surface area contributed by atoms with Crippen molar-refractivity contribution in [1.29, 1.82) is 0 Å². The van der Waals surface area contributed by atoms with Crippen molar-refractivity contribution in [3.8, 4) is 0 Å². The normalized spacial score (nSPS) is 13.5. The number of hydrogen-bond donors (Lipinski definition) is 2. The molecule has 1 heterocycles. The monoisotopic (exact) mass is 250 g/mol. The summed E-state index contributed by atoms with van der Waals surface area (Å²) in [6.45, 7) is 7.18. The topological polar surface area (TPSA) is 41.8 Å². The summed E-state index contributed by atoms with van der Waals surface area (Å²) in [6.07, 6.45) is 0. The van der Waals surface area contributed by atoms with E-state index in [9.17, 15) is 0 Å². The van der Waals surface area contributed by atoms with Crippen molar-refractivity contribution in [2.45, 2.75) is 26.7 Å². The fraction of sp³-hybridized carbons (Fsp3) is 0.429. The van der Waals surface area contributed by atoms with E-state index >= 15 is 0 Å². The van der Waals surface area contributed by atoms with Gasteiger partial charge in [0.05, 0.1) is 10.5 Å². The first kappa shape index (κ1) is 12.5. The van der Waals surface area contributed by atoms with Crippen molar-refractivity contribution < 1.29 is 0 Å². The smallest absolute Gasteiger partial charge is 0.0648 e. The van der Waals surface area contributed by atoms with Crippen molar-refractivity contribution in [1.82, 2.24) is 4.98 Å². The van der Waals surface area contributed by atoms with Gasteiger partial charge in [-0.1, -0.05) is 37.6 Å². The zero-order chi connectivity index (χ0) is 12.6. The molecule has 0 aliphatic rings. The van der Waals surface area contributed by atoms with E-state index in [-0.39, 0.29) is 0 Å². The summed E-state index contributed by atoms with van der Waals surface area (Å²) in [5, 5.41) is 1.98. The van der Waals surface area contributed by atoms with Gasteiger partial charge in [0.15, 0.2) is 0 Å². The van der Waals surface area contributed by atoms with Crippen molar-refractivity contribution >= 4 is 22.5 Å². The van der Waals surface area contributed by atoms with Gasteiger partial charge in [-0.3, -0.25) is 0 Å². The number of para-hydroxylation sites is 1. The Morgan fingerprint density at radius 3 is 2.65 bits per heavy atom.